The quantitative estimate of drug-likeness (QED) is 0.790. The van der Waals surface area contributed by atoms with Crippen molar-refractivity contribution in [2.75, 3.05) is 32.8 Å². The molecule has 1 aromatic rings. The maximum atomic E-state index is 11.2. The highest BCUT2D eigenvalue weighted by Gasteiger charge is 2.12. The molecule has 1 aliphatic rings. The zero-order valence-electron chi connectivity index (χ0n) is 11.1. The molecule has 1 saturated heterocycles. The molecule has 0 saturated carbocycles. The van der Waals surface area contributed by atoms with Crippen molar-refractivity contribution in [3.8, 4) is 0 Å². The third-order valence-corrected chi connectivity index (χ3v) is 3.28. The minimum atomic E-state index is -0.124. The molecular weight excluding hydrogens is 242 g/mol. The summed E-state index contributed by atoms with van der Waals surface area (Å²) in [5.74, 6) is -0.124. The van der Waals surface area contributed by atoms with E-state index < -0.39 is 0 Å². The first-order valence-electron chi connectivity index (χ1n) is 6.63. The molecule has 5 nitrogen and oxygen atoms in total. The number of amides is 1. The number of nitrogens with one attached hydrogen (secondary N) is 1. The van der Waals surface area contributed by atoms with Crippen LogP contribution in [0.2, 0.25) is 0 Å². The molecule has 0 atom stereocenters. The Balaban J connectivity index is 1.96. The highest BCUT2D eigenvalue weighted by Crippen LogP contribution is 2.12. The van der Waals surface area contributed by atoms with E-state index in [1.54, 1.807) is 0 Å². The van der Waals surface area contributed by atoms with Crippen molar-refractivity contribution in [3.05, 3.63) is 35.4 Å². The second-order valence-electron chi connectivity index (χ2n) is 4.64. The largest absolute Gasteiger partial charge is 0.379 e. The molecule has 0 spiro atoms. The van der Waals surface area contributed by atoms with Crippen LogP contribution in [0, 0.1) is 0 Å². The molecule has 5 heteroatoms. The number of carbonyl (C=O) groups excluding carboxylic acids is 1. The Bertz CT molecular complexity index is 417. The minimum Gasteiger partial charge on any atom is -0.379 e. The summed E-state index contributed by atoms with van der Waals surface area (Å²) in [4.78, 5) is 13.6. The molecule has 2 rings (SSSR count). The summed E-state index contributed by atoms with van der Waals surface area (Å²) in [6.07, 6.45) is 0. The summed E-state index contributed by atoms with van der Waals surface area (Å²) in [7, 11) is 0. The zero-order chi connectivity index (χ0) is 13.5. The van der Waals surface area contributed by atoms with Crippen molar-refractivity contribution in [2.45, 2.75) is 13.1 Å². The fourth-order valence-corrected chi connectivity index (χ4v) is 2.15. The second kappa shape index (κ2) is 7.23. The van der Waals surface area contributed by atoms with Crippen molar-refractivity contribution in [1.29, 1.82) is 0 Å². The van der Waals surface area contributed by atoms with E-state index in [0.29, 0.717) is 6.54 Å². The van der Waals surface area contributed by atoms with Gasteiger partial charge in [-0.15, -0.1) is 0 Å². The summed E-state index contributed by atoms with van der Waals surface area (Å²) in [6, 6.07) is 8.18. The number of nitrogens with zero attached hydrogens (tertiary/aromatic N) is 1. The SMILES string of the molecule is NCC(=O)NCc1ccccc1CN1CCOCC1. The van der Waals surface area contributed by atoms with Crippen molar-refractivity contribution in [1.82, 2.24) is 10.2 Å². The number of carbonyl (C=O) groups is 1. The Morgan fingerprint density at radius 1 is 1.26 bits per heavy atom. The molecule has 1 fully saturated rings. The van der Waals surface area contributed by atoms with Gasteiger partial charge in [0.1, 0.15) is 0 Å². The van der Waals surface area contributed by atoms with Crippen LogP contribution in [0.15, 0.2) is 24.3 Å². The summed E-state index contributed by atoms with van der Waals surface area (Å²) in [5.41, 5.74) is 7.69. The average molecular weight is 263 g/mol. The fourth-order valence-electron chi connectivity index (χ4n) is 2.15. The molecule has 0 aliphatic carbocycles. The van der Waals surface area contributed by atoms with E-state index in [4.69, 9.17) is 10.5 Å². The first-order chi connectivity index (χ1) is 9.29. The third kappa shape index (κ3) is 4.31. The average Bonchev–Trinajstić information content (AvgIpc) is 2.47. The second-order valence-corrected chi connectivity index (χ2v) is 4.64. The highest BCUT2D eigenvalue weighted by molar-refractivity contribution is 5.77. The van der Waals surface area contributed by atoms with Crippen LogP contribution in [-0.4, -0.2) is 43.7 Å². The standard InChI is InChI=1S/C14H21N3O2/c15-9-14(18)16-10-12-3-1-2-4-13(12)11-17-5-7-19-8-6-17/h1-4H,5-11,15H2,(H,16,18). The van der Waals surface area contributed by atoms with Crippen LogP contribution < -0.4 is 11.1 Å². The van der Waals surface area contributed by atoms with Crippen LogP contribution in [0.3, 0.4) is 0 Å². The predicted octanol–water partition coefficient (Wildman–Crippen LogP) is 0.0937. The molecule has 1 aromatic carbocycles. The summed E-state index contributed by atoms with van der Waals surface area (Å²) < 4.78 is 5.35. The molecule has 19 heavy (non-hydrogen) atoms. The van der Waals surface area contributed by atoms with E-state index in [2.05, 4.69) is 16.3 Å². The van der Waals surface area contributed by atoms with Gasteiger partial charge in [-0.1, -0.05) is 24.3 Å². The number of hydrogen-bond donors (Lipinski definition) is 2. The first-order valence-corrected chi connectivity index (χ1v) is 6.63. The monoisotopic (exact) mass is 263 g/mol. The Kier molecular flexibility index (Phi) is 5.32. The lowest BCUT2D eigenvalue weighted by Crippen LogP contribution is -2.36. The zero-order valence-corrected chi connectivity index (χ0v) is 11.1. The van der Waals surface area contributed by atoms with E-state index in [-0.39, 0.29) is 12.5 Å². The van der Waals surface area contributed by atoms with E-state index in [1.807, 2.05) is 18.2 Å². The minimum absolute atomic E-state index is 0.0334. The number of nitrogens with two attached hydrogens (primary N) is 1. The molecule has 1 amide bonds. The van der Waals surface area contributed by atoms with Crippen LogP contribution in [0.1, 0.15) is 11.1 Å². The van der Waals surface area contributed by atoms with Gasteiger partial charge in [0.15, 0.2) is 0 Å². The van der Waals surface area contributed by atoms with Crippen LogP contribution in [-0.2, 0) is 22.6 Å². The van der Waals surface area contributed by atoms with E-state index in [1.165, 1.54) is 5.56 Å². The van der Waals surface area contributed by atoms with Crippen LogP contribution in [0.25, 0.3) is 0 Å². The molecule has 3 N–H and O–H groups in total. The Morgan fingerprint density at radius 3 is 2.63 bits per heavy atom. The molecule has 0 radical (unpaired) electrons. The summed E-state index contributed by atoms with van der Waals surface area (Å²) in [5, 5.41) is 2.82. The summed E-state index contributed by atoms with van der Waals surface area (Å²) in [6.45, 7) is 4.99. The normalized spacial score (nSPS) is 16.3. The van der Waals surface area contributed by atoms with Gasteiger partial charge in [-0.05, 0) is 11.1 Å². The number of morpholine rings is 1. The fraction of sp³-hybridized carbons (Fsp3) is 0.500. The topological polar surface area (TPSA) is 67.6 Å². The molecule has 0 aromatic heterocycles. The van der Waals surface area contributed by atoms with Crippen molar-refractivity contribution in [2.24, 2.45) is 5.73 Å². The number of ether oxygens (including phenoxy) is 1. The lowest BCUT2D eigenvalue weighted by atomic mass is 10.1. The van der Waals surface area contributed by atoms with Gasteiger partial charge in [-0.25, -0.2) is 0 Å². The van der Waals surface area contributed by atoms with Crippen LogP contribution in [0.4, 0.5) is 0 Å². The molecule has 0 unspecified atom stereocenters. The highest BCUT2D eigenvalue weighted by atomic mass is 16.5. The maximum absolute atomic E-state index is 11.2. The predicted molar refractivity (Wildman–Crippen MR) is 73.4 cm³/mol. The van der Waals surface area contributed by atoms with Gasteiger partial charge in [0, 0.05) is 26.2 Å². The molecule has 104 valence electrons. The third-order valence-electron chi connectivity index (χ3n) is 3.28. The Labute approximate surface area is 113 Å². The molecule has 1 heterocycles. The smallest absolute Gasteiger partial charge is 0.234 e. The number of benzene rings is 1. The van der Waals surface area contributed by atoms with Crippen LogP contribution >= 0.6 is 0 Å². The van der Waals surface area contributed by atoms with Crippen molar-refractivity contribution in [3.63, 3.8) is 0 Å². The maximum Gasteiger partial charge on any atom is 0.234 e. The van der Waals surface area contributed by atoms with E-state index in [0.717, 1.165) is 38.4 Å². The number of hydrogen-bond acceptors (Lipinski definition) is 4. The van der Waals surface area contributed by atoms with Gasteiger partial charge < -0.3 is 15.8 Å². The van der Waals surface area contributed by atoms with Gasteiger partial charge in [0.05, 0.1) is 19.8 Å². The van der Waals surface area contributed by atoms with Gasteiger partial charge in [0.25, 0.3) is 0 Å². The molecule has 1 aliphatic heterocycles. The van der Waals surface area contributed by atoms with Crippen LogP contribution in [0.5, 0.6) is 0 Å². The van der Waals surface area contributed by atoms with Gasteiger partial charge >= 0.3 is 0 Å². The lowest BCUT2D eigenvalue weighted by molar-refractivity contribution is -0.119. The van der Waals surface area contributed by atoms with Gasteiger partial charge in [-0.3, -0.25) is 9.69 Å². The van der Waals surface area contributed by atoms with Gasteiger partial charge in [-0.2, -0.15) is 0 Å². The van der Waals surface area contributed by atoms with E-state index >= 15 is 0 Å². The van der Waals surface area contributed by atoms with Crippen molar-refractivity contribution < 1.29 is 9.53 Å². The molecular formula is C14H21N3O2. The van der Waals surface area contributed by atoms with Crippen molar-refractivity contribution >= 4 is 5.91 Å². The summed E-state index contributed by atoms with van der Waals surface area (Å²) >= 11 is 0. The molecule has 0 bridgehead atoms. The Morgan fingerprint density at radius 2 is 1.95 bits per heavy atom. The number of rotatable bonds is 5. The van der Waals surface area contributed by atoms with Gasteiger partial charge in [0.2, 0.25) is 5.91 Å². The van der Waals surface area contributed by atoms with E-state index in [9.17, 15) is 4.79 Å². The Hall–Kier alpha value is -1.43. The lowest BCUT2D eigenvalue weighted by Gasteiger charge is -2.27. The first kappa shape index (κ1) is 14.0.